The summed E-state index contributed by atoms with van der Waals surface area (Å²) in [5.41, 5.74) is 1.46. The number of nitrogens with zero attached hydrogens (tertiary/aromatic N) is 4. The Balaban J connectivity index is 1.36. The van der Waals surface area contributed by atoms with E-state index in [4.69, 9.17) is 14.2 Å². The van der Waals surface area contributed by atoms with E-state index < -0.39 is 0 Å². The summed E-state index contributed by atoms with van der Waals surface area (Å²) in [5, 5.41) is 4.10. The highest BCUT2D eigenvalue weighted by Gasteiger charge is 2.27. The van der Waals surface area contributed by atoms with Crippen LogP contribution >= 0.6 is 11.8 Å². The van der Waals surface area contributed by atoms with Gasteiger partial charge in [-0.15, -0.1) is 11.8 Å². The number of hydrogen-bond donors (Lipinski definition) is 0. The molecule has 0 aliphatic carbocycles. The van der Waals surface area contributed by atoms with Gasteiger partial charge in [0, 0.05) is 11.4 Å². The molecule has 9 heteroatoms. The maximum Gasteiger partial charge on any atom is 0.257 e. The van der Waals surface area contributed by atoms with Gasteiger partial charge in [-0.2, -0.15) is 5.10 Å². The molecule has 0 bridgehead atoms. The lowest BCUT2D eigenvalue weighted by molar-refractivity contribution is -0.0401. The van der Waals surface area contributed by atoms with Gasteiger partial charge in [0.2, 0.25) is 0 Å². The van der Waals surface area contributed by atoms with Gasteiger partial charge in [0.05, 0.1) is 31.5 Å². The van der Waals surface area contributed by atoms with Crippen LogP contribution in [0.1, 0.15) is 10.4 Å². The topological polar surface area (TPSA) is 78.7 Å². The second kappa shape index (κ2) is 9.84. The molecule has 2 heterocycles. The molecule has 3 aromatic rings. The van der Waals surface area contributed by atoms with Crippen molar-refractivity contribution in [2.45, 2.75) is 11.0 Å². The Labute approximate surface area is 185 Å². The molecule has 2 aromatic carbocycles. The number of aromatic nitrogens is 3. The lowest BCUT2D eigenvalue weighted by Gasteiger charge is -2.33. The van der Waals surface area contributed by atoms with Crippen molar-refractivity contribution >= 4 is 17.7 Å². The molecule has 31 heavy (non-hydrogen) atoms. The number of morpholine rings is 1. The number of rotatable bonds is 7. The third kappa shape index (κ3) is 5.00. The number of amides is 1. The second-order valence-corrected chi connectivity index (χ2v) is 7.83. The minimum atomic E-state index is -0.204. The zero-order valence-electron chi connectivity index (χ0n) is 17.4. The van der Waals surface area contributed by atoms with E-state index in [9.17, 15) is 4.79 Å². The number of carbonyl (C=O) groups is 1. The molecule has 1 amide bonds. The van der Waals surface area contributed by atoms with Crippen molar-refractivity contribution < 1.29 is 19.0 Å². The van der Waals surface area contributed by atoms with E-state index in [1.54, 1.807) is 34.8 Å². The smallest absolute Gasteiger partial charge is 0.257 e. The number of benzene rings is 2. The van der Waals surface area contributed by atoms with Crippen LogP contribution in [-0.2, 0) is 4.74 Å². The van der Waals surface area contributed by atoms with Crippen molar-refractivity contribution in [1.29, 1.82) is 0 Å². The molecule has 1 fully saturated rings. The molecular weight excluding hydrogens is 416 g/mol. The largest absolute Gasteiger partial charge is 0.496 e. The molecule has 0 N–H and O–H groups in total. The summed E-state index contributed by atoms with van der Waals surface area (Å²) in [6, 6.07) is 13.2. The van der Waals surface area contributed by atoms with Gasteiger partial charge in [-0.25, -0.2) is 9.67 Å². The normalized spacial score (nSPS) is 16.2. The molecule has 1 atom stereocenters. The Morgan fingerprint density at radius 1 is 1.26 bits per heavy atom. The van der Waals surface area contributed by atoms with Gasteiger partial charge in [-0.3, -0.25) is 4.79 Å². The molecule has 4 rings (SSSR count). The monoisotopic (exact) mass is 440 g/mol. The Morgan fingerprint density at radius 3 is 2.81 bits per heavy atom. The highest BCUT2D eigenvalue weighted by atomic mass is 32.2. The van der Waals surface area contributed by atoms with Gasteiger partial charge in [-0.05, 0) is 48.7 Å². The summed E-state index contributed by atoms with van der Waals surface area (Å²) in [6.07, 6.45) is 4.92. The third-order valence-corrected chi connectivity index (χ3v) is 5.75. The molecule has 1 aliphatic heterocycles. The maximum atomic E-state index is 13.1. The van der Waals surface area contributed by atoms with Crippen molar-refractivity contribution in [3.8, 4) is 17.2 Å². The van der Waals surface area contributed by atoms with Crippen molar-refractivity contribution in [1.82, 2.24) is 19.7 Å². The van der Waals surface area contributed by atoms with Crippen molar-refractivity contribution in [3.05, 3.63) is 60.7 Å². The Morgan fingerprint density at radius 2 is 2.10 bits per heavy atom. The Hall–Kier alpha value is -3.04. The standard InChI is InChI=1S/C22H24N4O4S/c1-28-21-11-19(31-2)7-8-20(21)22(27)25-9-10-29-18(12-25)13-30-17-5-3-16(4-6-17)26-15-23-14-24-26/h3-8,11,14-15,18H,9-10,12-13H2,1-2H3. The fraction of sp³-hybridized carbons (Fsp3) is 0.318. The highest BCUT2D eigenvalue weighted by Crippen LogP contribution is 2.27. The molecular formula is C22H24N4O4S. The van der Waals surface area contributed by atoms with Gasteiger partial charge in [0.25, 0.3) is 5.91 Å². The van der Waals surface area contributed by atoms with E-state index in [1.165, 1.54) is 6.33 Å². The van der Waals surface area contributed by atoms with Gasteiger partial charge in [0.15, 0.2) is 0 Å². The van der Waals surface area contributed by atoms with Crippen LogP contribution in [0.15, 0.2) is 60.0 Å². The lowest BCUT2D eigenvalue weighted by Crippen LogP contribution is -2.47. The van der Waals surface area contributed by atoms with Gasteiger partial charge in [-0.1, -0.05) is 0 Å². The van der Waals surface area contributed by atoms with E-state index in [1.807, 2.05) is 48.7 Å². The first kappa shape index (κ1) is 21.2. The summed E-state index contributed by atoms with van der Waals surface area (Å²) >= 11 is 1.61. The quantitative estimate of drug-likeness (QED) is 0.523. The number of carbonyl (C=O) groups excluding carboxylic acids is 1. The first-order valence-corrected chi connectivity index (χ1v) is 11.1. The molecule has 8 nitrogen and oxygen atoms in total. The molecule has 1 unspecified atom stereocenters. The van der Waals surface area contributed by atoms with E-state index >= 15 is 0 Å². The molecule has 0 saturated carbocycles. The first-order valence-electron chi connectivity index (χ1n) is 9.88. The summed E-state index contributed by atoms with van der Waals surface area (Å²) in [7, 11) is 1.58. The Bertz CT molecular complexity index is 1010. The molecule has 0 spiro atoms. The van der Waals surface area contributed by atoms with Crippen molar-refractivity contribution in [2.24, 2.45) is 0 Å². The Kier molecular flexibility index (Phi) is 6.73. The summed E-state index contributed by atoms with van der Waals surface area (Å²) in [4.78, 5) is 19.9. The molecule has 1 aliphatic rings. The fourth-order valence-electron chi connectivity index (χ4n) is 3.38. The average Bonchev–Trinajstić information content (AvgIpc) is 3.37. The maximum absolute atomic E-state index is 13.1. The molecule has 1 saturated heterocycles. The van der Waals surface area contributed by atoms with E-state index in [0.29, 0.717) is 37.6 Å². The minimum Gasteiger partial charge on any atom is -0.496 e. The zero-order valence-corrected chi connectivity index (χ0v) is 18.2. The molecule has 1 aromatic heterocycles. The summed E-state index contributed by atoms with van der Waals surface area (Å²) in [5.74, 6) is 1.25. The highest BCUT2D eigenvalue weighted by molar-refractivity contribution is 7.98. The first-order chi connectivity index (χ1) is 15.2. The van der Waals surface area contributed by atoms with E-state index in [-0.39, 0.29) is 12.0 Å². The summed E-state index contributed by atoms with van der Waals surface area (Å²) in [6.45, 7) is 1.82. The SMILES string of the molecule is COc1cc(SC)ccc1C(=O)N1CCOC(COc2ccc(-n3cncn3)cc2)C1. The summed E-state index contributed by atoms with van der Waals surface area (Å²) < 4.78 is 18.8. The van der Waals surface area contributed by atoms with Gasteiger partial charge < -0.3 is 19.1 Å². The predicted octanol–water partition coefficient (Wildman–Crippen LogP) is 2.92. The number of thioether (sulfide) groups is 1. The van der Waals surface area contributed by atoms with Crippen LogP contribution in [0.5, 0.6) is 11.5 Å². The minimum absolute atomic E-state index is 0.0602. The van der Waals surface area contributed by atoms with Crippen LogP contribution < -0.4 is 9.47 Å². The lowest BCUT2D eigenvalue weighted by atomic mass is 10.1. The zero-order chi connectivity index (χ0) is 21.6. The molecule has 0 radical (unpaired) electrons. The number of hydrogen-bond acceptors (Lipinski definition) is 7. The van der Waals surface area contributed by atoms with Crippen molar-refractivity contribution in [2.75, 3.05) is 39.7 Å². The number of methoxy groups -OCH3 is 1. The van der Waals surface area contributed by atoms with Crippen LogP contribution in [0.2, 0.25) is 0 Å². The third-order valence-electron chi connectivity index (χ3n) is 5.02. The van der Waals surface area contributed by atoms with Crippen LogP contribution in [0.25, 0.3) is 5.69 Å². The predicted molar refractivity (Wildman–Crippen MR) is 117 cm³/mol. The fourth-order valence-corrected chi connectivity index (χ4v) is 3.81. The van der Waals surface area contributed by atoms with Crippen LogP contribution in [-0.4, -0.2) is 71.3 Å². The van der Waals surface area contributed by atoms with Crippen molar-refractivity contribution in [3.63, 3.8) is 0 Å². The van der Waals surface area contributed by atoms with Gasteiger partial charge >= 0.3 is 0 Å². The van der Waals surface area contributed by atoms with Gasteiger partial charge in [0.1, 0.15) is 36.9 Å². The van der Waals surface area contributed by atoms with Crippen LogP contribution in [0.4, 0.5) is 0 Å². The van der Waals surface area contributed by atoms with Crippen LogP contribution in [0, 0.1) is 0 Å². The number of ether oxygens (including phenoxy) is 3. The van der Waals surface area contributed by atoms with E-state index in [0.717, 1.165) is 16.3 Å². The second-order valence-electron chi connectivity index (χ2n) is 6.96. The van der Waals surface area contributed by atoms with Crippen LogP contribution in [0.3, 0.4) is 0 Å². The average molecular weight is 441 g/mol. The molecule has 162 valence electrons. The van der Waals surface area contributed by atoms with E-state index in [2.05, 4.69) is 10.1 Å².